The first-order chi connectivity index (χ1) is 9.88. The second kappa shape index (κ2) is 7.73. The minimum Gasteiger partial charge on any atom is -0.495 e. The molecule has 4 N–H and O–H groups in total. The van der Waals surface area contributed by atoms with Gasteiger partial charge in [0, 0.05) is 5.69 Å². The maximum Gasteiger partial charge on any atom is 0.312 e. The van der Waals surface area contributed by atoms with Gasteiger partial charge in [-0.25, -0.2) is 4.79 Å². The average Bonchev–Trinajstić information content (AvgIpc) is 2.43. The van der Waals surface area contributed by atoms with Crippen LogP contribution in [0.2, 0.25) is 5.02 Å². The van der Waals surface area contributed by atoms with E-state index in [4.69, 9.17) is 22.1 Å². The Labute approximate surface area is 129 Å². The summed E-state index contributed by atoms with van der Waals surface area (Å²) in [7, 11) is 1.51. The highest BCUT2D eigenvalue weighted by Crippen LogP contribution is 2.27. The van der Waals surface area contributed by atoms with Gasteiger partial charge in [-0.05, 0) is 24.1 Å². The summed E-state index contributed by atoms with van der Waals surface area (Å²) in [6.07, 6.45) is 0.724. The highest BCUT2D eigenvalue weighted by Gasteiger charge is 2.25. The van der Waals surface area contributed by atoms with Crippen LogP contribution in [-0.4, -0.2) is 25.1 Å². The molecule has 3 amide bonds. The number of carbonyl (C=O) groups excluding carboxylic acids is 2. The Balaban J connectivity index is 2.85. The number of anilines is 1. The second-order valence-corrected chi connectivity index (χ2v) is 5.12. The molecule has 0 aromatic heterocycles. The van der Waals surface area contributed by atoms with Crippen LogP contribution in [0.1, 0.15) is 20.3 Å². The molecule has 1 rings (SSSR count). The van der Waals surface area contributed by atoms with Crippen LogP contribution in [0.5, 0.6) is 5.75 Å². The standard InChI is InChI=1S/C14H20ClN3O3/c1-4-8(2)12(18-14(16)20)13(19)17-9-5-6-11(21-3)10(15)7-9/h5-8,12H,4H2,1-3H3,(H,17,19)(H3,16,18,20)/t8-,12-/m0/s1. The molecular formula is C14H20ClN3O3. The van der Waals surface area contributed by atoms with Crippen molar-refractivity contribution in [3.05, 3.63) is 23.2 Å². The average molecular weight is 314 g/mol. The van der Waals surface area contributed by atoms with Crippen molar-refractivity contribution in [1.82, 2.24) is 5.32 Å². The molecule has 6 nitrogen and oxygen atoms in total. The number of benzene rings is 1. The van der Waals surface area contributed by atoms with E-state index in [0.29, 0.717) is 16.5 Å². The molecule has 0 aliphatic carbocycles. The first-order valence-corrected chi connectivity index (χ1v) is 6.97. The molecule has 0 aliphatic rings. The van der Waals surface area contributed by atoms with Gasteiger partial charge in [0.15, 0.2) is 0 Å². The summed E-state index contributed by atoms with van der Waals surface area (Å²) < 4.78 is 5.04. The Kier molecular flexibility index (Phi) is 6.30. The summed E-state index contributed by atoms with van der Waals surface area (Å²) in [5, 5.41) is 5.55. The molecule has 0 bridgehead atoms. The lowest BCUT2D eigenvalue weighted by Crippen LogP contribution is -2.49. The fourth-order valence-electron chi connectivity index (χ4n) is 1.82. The molecule has 1 aromatic carbocycles. The number of amides is 3. The molecule has 0 fully saturated rings. The van der Waals surface area contributed by atoms with Gasteiger partial charge in [-0.1, -0.05) is 31.9 Å². The molecule has 0 heterocycles. The van der Waals surface area contributed by atoms with Crippen molar-refractivity contribution in [2.24, 2.45) is 11.7 Å². The van der Waals surface area contributed by atoms with E-state index in [2.05, 4.69) is 10.6 Å². The molecule has 0 unspecified atom stereocenters. The first-order valence-electron chi connectivity index (χ1n) is 6.59. The Morgan fingerprint density at radius 1 is 1.43 bits per heavy atom. The van der Waals surface area contributed by atoms with E-state index < -0.39 is 12.1 Å². The second-order valence-electron chi connectivity index (χ2n) is 4.71. The zero-order valence-corrected chi connectivity index (χ0v) is 13.0. The first kappa shape index (κ1) is 17.1. The van der Waals surface area contributed by atoms with E-state index in [0.717, 1.165) is 6.42 Å². The lowest BCUT2D eigenvalue weighted by atomic mass is 9.98. The minimum absolute atomic E-state index is 0.0498. The molecular weight excluding hydrogens is 294 g/mol. The quantitative estimate of drug-likeness (QED) is 0.752. The molecule has 7 heteroatoms. The van der Waals surface area contributed by atoms with Crippen LogP contribution in [0.4, 0.5) is 10.5 Å². The maximum atomic E-state index is 12.3. The molecule has 0 saturated carbocycles. The predicted molar refractivity (Wildman–Crippen MR) is 82.6 cm³/mol. The fraction of sp³-hybridized carbons (Fsp3) is 0.429. The summed E-state index contributed by atoms with van der Waals surface area (Å²) in [5.41, 5.74) is 5.63. The zero-order chi connectivity index (χ0) is 16.0. The van der Waals surface area contributed by atoms with Crippen molar-refractivity contribution in [3.63, 3.8) is 0 Å². The number of urea groups is 1. The molecule has 1 aromatic rings. The fourth-order valence-corrected chi connectivity index (χ4v) is 2.08. The smallest absolute Gasteiger partial charge is 0.312 e. The largest absolute Gasteiger partial charge is 0.495 e. The molecule has 0 radical (unpaired) electrons. The minimum atomic E-state index is -0.733. The third-order valence-electron chi connectivity index (χ3n) is 3.21. The summed E-state index contributed by atoms with van der Waals surface area (Å²) in [5.74, 6) is 0.124. The maximum absolute atomic E-state index is 12.3. The van der Waals surface area contributed by atoms with Crippen LogP contribution in [0, 0.1) is 5.92 Å². The van der Waals surface area contributed by atoms with E-state index in [9.17, 15) is 9.59 Å². The number of rotatable bonds is 6. The number of nitrogens with one attached hydrogen (secondary N) is 2. The SMILES string of the molecule is CC[C@H](C)[C@H](NC(N)=O)C(=O)Nc1ccc(OC)c(Cl)c1. The highest BCUT2D eigenvalue weighted by molar-refractivity contribution is 6.32. The summed E-state index contributed by atoms with van der Waals surface area (Å²) in [4.78, 5) is 23.3. The Bertz CT molecular complexity index is 522. The number of primary amides is 1. The molecule has 0 aliphatic heterocycles. The molecule has 0 spiro atoms. The van der Waals surface area contributed by atoms with E-state index >= 15 is 0 Å². The molecule has 2 atom stereocenters. The summed E-state index contributed by atoms with van der Waals surface area (Å²) in [6.45, 7) is 3.79. The Morgan fingerprint density at radius 2 is 2.10 bits per heavy atom. The van der Waals surface area contributed by atoms with Crippen molar-refractivity contribution < 1.29 is 14.3 Å². The van der Waals surface area contributed by atoms with Gasteiger partial charge in [0.2, 0.25) is 5.91 Å². The number of methoxy groups -OCH3 is 1. The van der Waals surface area contributed by atoms with Crippen LogP contribution in [0.15, 0.2) is 18.2 Å². The molecule has 21 heavy (non-hydrogen) atoms. The Morgan fingerprint density at radius 3 is 2.57 bits per heavy atom. The van der Waals surface area contributed by atoms with Crippen LogP contribution in [-0.2, 0) is 4.79 Å². The van der Waals surface area contributed by atoms with Gasteiger partial charge in [0.25, 0.3) is 0 Å². The number of hydrogen-bond acceptors (Lipinski definition) is 3. The third-order valence-corrected chi connectivity index (χ3v) is 3.51. The van der Waals surface area contributed by atoms with E-state index in [1.54, 1.807) is 18.2 Å². The predicted octanol–water partition coefficient (Wildman–Crippen LogP) is 2.37. The van der Waals surface area contributed by atoms with E-state index in [-0.39, 0.29) is 11.8 Å². The topological polar surface area (TPSA) is 93.5 Å². The van der Waals surface area contributed by atoms with Crippen molar-refractivity contribution in [2.75, 3.05) is 12.4 Å². The van der Waals surface area contributed by atoms with E-state index in [1.165, 1.54) is 7.11 Å². The number of carbonyl (C=O) groups is 2. The van der Waals surface area contributed by atoms with Gasteiger partial charge in [0.1, 0.15) is 11.8 Å². The number of nitrogens with two attached hydrogens (primary N) is 1. The lowest BCUT2D eigenvalue weighted by molar-refractivity contribution is -0.119. The van der Waals surface area contributed by atoms with Gasteiger partial charge in [-0.3, -0.25) is 4.79 Å². The molecule has 116 valence electrons. The lowest BCUT2D eigenvalue weighted by Gasteiger charge is -2.22. The summed E-state index contributed by atoms with van der Waals surface area (Å²) >= 11 is 6.00. The molecule has 0 saturated heterocycles. The van der Waals surface area contributed by atoms with Gasteiger partial charge in [-0.2, -0.15) is 0 Å². The van der Waals surface area contributed by atoms with Crippen LogP contribution >= 0.6 is 11.6 Å². The highest BCUT2D eigenvalue weighted by atomic mass is 35.5. The van der Waals surface area contributed by atoms with Crippen molar-refractivity contribution >= 4 is 29.2 Å². The van der Waals surface area contributed by atoms with Crippen LogP contribution < -0.4 is 21.1 Å². The van der Waals surface area contributed by atoms with E-state index in [1.807, 2.05) is 13.8 Å². The summed E-state index contributed by atoms with van der Waals surface area (Å²) in [6, 6.07) is 3.46. The van der Waals surface area contributed by atoms with Gasteiger partial charge >= 0.3 is 6.03 Å². The monoisotopic (exact) mass is 313 g/mol. The van der Waals surface area contributed by atoms with Gasteiger partial charge in [-0.15, -0.1) is 0 Å². The number of ether oxygens (including phenoxy) is 1. The van der Waals surface area contributed by atoms with Crippen molar-refractivity contribution in [2.45, 2.75) is 26.3 Å². The Hall–Kier alpha value is -1.95. The third kappa shape index (κ3) is 4.82. The normalized spacial score (nSPS) is 13.1. The van der Waals surface area contributed by atoms with Crippen LogP contribution in [0.25, 0.3) is 0 Å². The van der Waals surface area contributed by atoms with Crippen molar-refractivity contribution in [1.29, 1.82) is 0 Å². The number of halogens is 1. The van der Waals surface area contributed by atoms with Crippen molar-refractivity contribution in [3.8, 4) is 5.75 Å². The van der Waals surface area contributed by atoms with Crippen LogP contribution in [0.3, 0.4) is 0 Å². The number of hydrogen-bond donors (Lipinski definition) is 3. The van der Waals surface area contributed by atoms with Gasteiger partial charge in [0.05, 0.1) is 12.1 Å². The zero-order valence-electron chi connectivity index (χ0n) is 12.3. The van der Waals surface area contributed by atoms with Gasteiger partial charge < -0.3 is 21.1 Å².